The summed E-state index contributed by atoms with van der Waals surface area (Å²) in [5.74, 6) is -0.509. The second-order valence-electron chi connectivity index (χ2n) is 6.93. The molecule has 1 aromatic carbocycles. The van der Waals surface area contributed by atoms with E-state index in [0.29, 0.717) is 31.2 Å². The summed E-state index contributed by atoms with van der Waals surface area (Å²) in [6.45, 7) is 2.10. The fraction of sp³-hybridized carbons (Fsp3) is 0.632. The number of hydrogen-bond acceptors (Lipinski definition) is 5. The van der Waals surface area contributed by atoms with Crippen LogP contribution >= 0.6 is 0 Å². The number of carbonyl (C=O) groups excluding carboxylic acids is 1. The number of rotatable bonds is 3. The molecule has 2 N–H and O–H groups in total. The number of carbonyl (C=O) groups is 1. The van der Waals surface area contributed by atoms with Gasteiger partial charge in [0.05, 0.1) is 18.3 Å². The van der Waals surface area contributed by atoms with Gasteiger partial charge < -0.3 is 19.7 Å². The van der Waals surface area contributed by atoms with E-state index >= 15 is 0 Å². The Morgan fingerprint density at radius 1 is 1.21 bits per heavy atom. The van der Waals surface area contributed by atoms with Gasteiger partial charge in [-0.15, -0.1) is 0 Å². The van der Waals surface area contributed by atoms with Gasteiger partial charge in [-0.3, -0.25) is 0 Å². The third-order valence-electron chi connectivity index (χ3n) is 4.91. The molecule has 0 aromatic heterocycles. The zero-order valence-corrected chi connectivity index (χ0v) is 14.1. The van der Waals surface area contributed by atoms with E-state index in [9.17, 15) is 15.0 Å². The Morgan fingerprint density at radius 3 is 2.79 bits per heavy atom. The maximum atomic E-state index is 12.6. The summed E-state index contributed by atoms with van der Waals surface area (Å²) >= 11 is 0. The summed E-state index contributed by atoms with van der Waals surface area (Å²) in [5.41, 5.74) is 0.954. The summed E-state index contributed by atoms with van der Waals surface area (Å²) in [6.07, 6.45) is 4.11. The van der Waals surface area contributed by atoms with Crippen LogP contribution in [0.2, 0.25) is 0 Å². The molecule has 4 unspecified atom stereocenters. The summed E-state index contributed by atoms with van der Waals surface area (Å²) in [7, 11) is 0. The average Bonchev–Trinajstić information content (AvgIpc) is 2.51. The number of aliphatic hydroxyl groups is 1. The van der Waals surface area contributed by atoms with Crippen molar-refractivity contribution in [1.29, 1.82) is 0 Å². The lowest BCUT2D eigenvalue weighted by Crippen LogP contribution is -2.40. The van der Waals surface area contributed by atoms with Crippen molar-refractivity contribution >= 4 is 5.97 Å². The molecule has 1 fully saturated rings. The van der Waals surface area contributed by atoms with E-state index in [1.54, 1.807) is 6.07 Å². The predicted octanol–water partition coefficient (Wildman–Crippen LogP) is 2.96. The van der Waals surface area contributed by atoms with Crippen molar-refractivity contribution in [2.75, 3.05) is 0 Å². The predicted molar refractivity (Wildman–Crippen MR) is 89.1 cm³/mol. The minimum atomic E-state index is -0.454. The van der Waals surface area contributed by atoms with Crippen LogP contribution in [0.25, 0.3) is 0 Å². The van der Waals surface area contributed by atoms with Gasteiger partial charge in [0.25, 0.3) is 0 Å². The molecule has 1 aromatic rings. The zero-order chi connectivity index (χ0) is 17.1. The number of aromatic hydroxyl groups is 1. The molecule has 2 bridgehead atoms. The van der Waals surface area contributed by atoms with Crippen LogP contribution < -0.4 is 0 Å². The lowest BCUT2D eigenvalue weighted by molar-refractivity contribution is -0.110. The van der Waals surface area contributed by atoms with Crippen LogP contribution in [-0.4, -0.2) is 40.6 Å². The van der Waals surface area contributed by atoms with Gasteiger partial charge in [0.15, 0.2) is 0 Å². The molecule has 0 spiro atoms. The van der Waals surface area contributed by atoms with Crippen LogP contribution in [0.3, 0.4) is 0 Å². The highest BCUT2D eigenvalue weighted by molar-refractivity contribution is 5.94. The molecular formula is C19H26O5. The topological polar surface area (TPSA) is 76.0 Å². The van der Waals surface area contributed by atoms with Crippen molar-refractivity contribution in [1.82, 2.24) is 0 Å². The number of ether oxygens (including phenoxy) is 2. The van der Waals surface area contributed by atoms with E-state index in [1.807, 2.05) is 6.07 Å². The van der Waals surface area contributed by atoms with Crippen molar-refractivity contribution in [3.05, 3.63) is 29.3 Å². The first-order chi connectivity index (χ1) is 11.6. The highest BCUT2D eigenvalue weighted by Gasteiger charge is 2.34. The van der Waals surface area contributed by atoms with E-state index in [-0.39, 0.29) is 29.6 Å². The summed E-state index contributed by atoms with van der Waals surface area (Å²) in [5, 5.41) is 20.3. The fourth-order valence-corrected chi connectivity index (χ4v) is 3.77. The van der Waals surface area contributed by atoms with Gasteiger partial charge in [0.1, 0.15) is 17.4 Å². The van der Waals surface area contributed by atoms with E-state index in [2.05, 4.69) is 6.92 Å². The normalized spacial score (nSPS) is 30.3. The SMILES string of the molecule is CCCCC1CC2CC(O)CC(Cc3cccc(O)c3C(=O)O1)O2. The smallest absolute Gasteiger partial charge is 0.342 e. The molecule has 2 aliphatic heterocycles. The Morgan fingerprint density at radius 2 is 2.00 bits per heavy atom. The van der Waals surface area contributed by atoms with Crippen LogP contribution in [0.4, 0.5) is 0 Å². The largest absolute Gasteiger partial charge is 0.507 e. The van der Waals surface area contributed by atoms with Gasteiger partial charge in [-0.2, -0.15) is 0 Å². The first-order valence-electron chi connectivity index (χ1n) is 8.92. The number of unbranched alkanes of at least 4 members (excludes halogenated alkanes) is 1. The molecule has 4 atom stereocenters. The molecule has 5 heteroatoms. The standard InChI is InChI=1S/C19H26O5/c1-2-3-6-14-11-16-10-13(20)9-15(23-16)8-12-5-4-7-17(21)18(12)19(22)24-14/h4-5,7,13-16,20-21H,2-3,6,8-11H2,1H3. The molecule has 3 rings (SSSR count). The third-order valence-corrected chi connectivity index (χ3v) is 4.91. The Kier molecular flexibility index (Phi) is 5.41. The van der Waals surface area contributed by atoms with Crippen molar-refractivity contribution in [2.24, 2.45) is 0 Å². The lowest BCUT2D eigenvalue weighted by atomic mass is 9.91. The quantitative estimate of drug-likeness (QED) is 0.831. The highest BCUT2D eigenvalue weighted by atomic mass is 16.5. The first-order valence-corrected chi connectivity index (χ1v) is 8.92. The summed E-state index contributed by atoms with van der Waals surface area (Å²) in [6, 6.07) is 5.04. The number of hydrogen-bond donors (Lipinski definition) is 2. The van der Waals surface area contributed by atoms with Crippen LogP contribution in [0.15, 0.2) is 18.2 Å². The van der Waals surface area contributed by atoms with E-state index in [0.717, 1.165) is 19.3 Å². The number of phenols is 1. The number of fused-ring (bicyclic) bond motifs is 3. The molecular weight excluding hydrogens is 308 g/mol. The third kappa shape index (κ3) is 3.90. The molecule has 2 aliphatic rings. The van der Waals surface area contributed by atoms with Gasteiger partial charge in [0, 0.05) is 6.42 Å². The minimum Gasteiger partial charge on any atom is -0.507 e. The number of benzene rings is 1. The Labute approximate surface area is 142 Å². The molecule has 0 aliphatic carbocycles. The Bertz CT molecular complexity index is 585. The summed E-state index contributed by atoms with van der Waals surface area (Å²) < 4.78 is 11.8. The first kappa shape index (κ1) is 17.2. The van der Waals surface area contributed by atoms with E-state index in [4.69, 9.17) is 9.47 Å². The fourth-order valence-electron chi connectivity index (χ4n) is 3.77. The zero-order valence-electron chi connectivity index (χ0n) is 14.1. The van der Waals surface area contributed by atoms with Crippen LogP contribution in [0.1, 0.15) is 61.4 Å². The second kappa shape index (κ2) is 7.53. The molecule has 132 valence electrons. The van der Waals surface area contributed by atoms with Crippen LogP contribution in [0, 0.1) is 0 Å². The molecule has 24 heavy (non-hydrogen) atoms. The van der Waals surface area contributed by atoms with E-state index in [1.165, 1.54) is 6.07 Å². The van der Waals surface area contributed by atoms with Gasteiger partial charge in [-0.1, -0.05) is 31.9 Å². The van der Waals surface area contributed by atoms with Crippen LogP contribution in [0.5, 0.6) is 5.75 Å². The van der Waals surface area contributed by atoms with Crippen molar-refractivity contribution in [3.8, 4) is 5.75 Å². The monoisotopic (exact) mass is 334 g/mol. The maximum absolute atomic E-state index is 12.6. The van der Waals surface area contributed by atoms with Crippen molar-refractivity contribution in [2.45, 2.75) is 76.3 Å². The van der Waals surface area contributed by atoms with E-state index < -0.39 is 12.1 Å². The molecule has 0 amide bonds. The lowest BCUT2D eigenvalue weighted by Gasteiger charge is -2.36. The maximum Gasteiger partial charge on any atom is 0.342 e. The number of phenolic OH excluding ortho intramolecular Hbond substituents is 1. The van der Waals surface area contributed by atoms with Crippen molar-refractivity contribution in [3.63, 3.8) is 0 Å². The van der Waals surface area contributed by atoms with Gasteiger partial charge in [-0.05, 0) is 37.3 Å². The molecule has 2 heterocycles. The molecule has 5 nitrogen and oxygen atoms in total. The summed E-state index contributed by atoms with van der Waals surface area (Å²) in [4.78, 5) is 12.6. The highest BCUT2D eigenvalue weighted by Crippen LogP contribution is 2.32. The number of esters is 1. The molecule has 1 saturated heterocycles. The minimum absolute atomic E-state index is 0.0553. The van der Waals surface area contributed by atoms with Crippen LogP contribution in [-0.2, 0) is 15.9 Å². The van der Waals surface area contributed by atoms with Crippen molar-refractivity contribution < 1.29 is 24.5 Å². The van der Waals surface area contributed by atoms with Gasteiger partial charge >= 0.3 is 5.97 Å². The number of cyclic esters (lactones) is 1. The molecule has 0 saturated carbocycles. The average molecular weight is 334 g/mol. The molecule has 0 radical (unpaired) electrons. The van der Waals surface area contributed by atoms with Gasteiger partial charge in [0.2, 0.25) is 0 Å². The van der Waals surface area contributed by atoms with Gasteiger partial charge in [-0.25, -0.2) is 4.79 Å². The second-order valence-corrected chi connectivity index (χ2v) is 6.93. The number of aliphatic hydroxyl groups excluding tert-OH is 1. The Balaban J connectivity index is 1.92. The Hall–Kier alpha value is -1.59.